The second kappa shape index (κ2) is 17.7. The van der Waals surface area contributed by atoms with Gasteiger partial charge in [0, 0.05) is 57.0 Å². The molecule has 0 aliphatic carbocycles. The van der Waals surface area contributed by atoms with Crippen LogP contribution in [0.5, 0.6) is 0 Å². The average Bonchev–Trinajstić information content (AvgIpc) is 3.70. The molecule has 3 unspecified atom stereocenters. The fourth-order valence-electron chi connectivity index (χ4n) is 1.79. The van der Waals surface area contributed by atoms with Gasteiger partial charge in [-0.1, -0.05) is 27.7 Å². The van der Waals surface area contributed by atoms with Gasteiger partial charge < -0.3 is 30.2 Å². The lowest BCUT2D eigenvalue weighted by Crippen LogP contribution is -2.39. The van der Waals surface area contributed by atoms with Crippen molar-refractivity contribution in [1.82, 2.24) is 16.0 Å². The van der Waals surface area contributed by atoms with Crippen molar-refractivity contribution in [3.63, 3.8) is 0 Å². The average molecular weight is 474 g/mol. The normalized spacial score (nSPS) is 21.4. The zero-order chi connectivity index (χ0) is 25.3. The Balaban J connectivity index is 0.000000666. The summed E-state index contributed by atoms with van der Waals surface area (Å²) in [6, 6.07) is 2.50. The van der Waals surface area contributed by atoms with Gasteiger partial charge in [-0.05, 0) is 27.2 Å². The first-order chi connectivity index (χ1) is 15.6. The summed E-state index contributed by atoms with van der Waals surface area (Å²) in [4.78, 5) is 34.0. The molecule has 3 saturated heterocycles. The Bertz CT molecular complexity index is 486. The Labute approximate surface area is 200 Å². The SMILES string of the molecule is CC1CN1.CC1CN1.CC1CN1.CCC(=O)OCC(CC)(COC(=O)CC)COC(=O)CC. The number of esters is 3. The number of hydrogen-bond acceptors (Lipinski definition) is 9. The summed E-state index contributed by atoms with van der Waals surface area (Å²) in [6.45, 7) is 17.4. The van der Waals surface area contributed by atoms with Crippen LogP contribution in [0.15, 0.2) is 0 Å². The molecule has 0 saturated carbocycles. The molecule has 9 nitrogen and oxygen atoms in total. The van der Waals surface area contributed by atoms with Crippen molar-refractivity contribution < 1.29 is 28.6 Å². The van der Waals surface area contributed by atoms with E-state index in [1.807, 2.05) is 6.92 Å². The highest BCUT2D eigenvalue weighted by atomic mass is 16.6. The van der Waals surface area contributed by atoms with E-state index in [-0.39, 0.29) is 57.0 Å². The predicted molar refractivity (Wildman–Crippen MR) is 129 cm³/mol. The van der Waals surface area contributed by atoms with Crippen LogP contribution in [-0.2, 0) is 28.6 Å². The lowest BCUT2D eigenvalue weighted by atomic mass is 9.88. The van der Waals surface area contributed by atoms with E-state index in [1.165, 1.54) is 19.6 Å². The highest BCUT2D eigenvalue weighted by Crippen LogP contribution is 2.25. The molecule has 3 atom stereocenters. The number of carbonyl (C=O) groups excluding carboxylic acids is 3. The van der Waals surface area contributed by atoms with E-state index in [4.69, 9.17) is 14.2 Å². The summed E-state index contributed by atoms with van der Waals surface area (Å²) >= 11 is 0. The van der Waals surface area contributed by atoms with E-state index < -0.39 is 5.41 Å². The van der Waals surface area contributed by atoms with Crippen molar-refractivity contribution in [3.05, 3.63) is 0 Å². The molecule has 33 heavy (non-hydrogen) atoms. The predicted octanol–water partition coefficient (Wildman–Crippen LogP) is 2.18. The monoisotopic (exact) mass is 473 g/mol. The smallest absolute Gasteiger partial charge is 0.305 e. The number of carbonyl (C=O) groups is 3. The van der Waals surface area contributed by atoms with Crippen LogP contribution in [-0.4, -0.2) is 75.5 Å². The van der Waals surface area contributed by atoms with Crippen LogP contribution in [0.25, 0.3) is 0 Å². The third-order valence-electron chi connectivity index (χ3n) is 5.07. The summed E-state index contributed by atoms with van der Waals surface area (Å²) < 4.78 is 15.5. The van der Waals surface area contributed by atoms with Crippen molar-refractivity contribution in [2.75, 3.05) is 39.5 Å². The first kappa shape index (κ1) is 31.3. The Morgan fingerprint density at radius 2 is 0.848 bits per heavy atom. The fourth-order valence-corrected chi connectivity index (χ4v) is 1.79. The second-order valence-electron chi connectivity index (χ2n) is 8.82. The van der Waals surface area contributed by atoms with Crippen LogP contribution in [0.2, 0.25) is 0 Å². The summed E-state index contributed by atoms with van der Waals surface area (Å²) in [5.41, 5.74) is -0.694. The van der Waals surface area contributed by atoms with E-state index in [0.717, 1.165) is 18.1 Å². The molecule has 3 aliphatic heterocycles. The van der Waals surface area contributed by atoms with Gasteiger partial charge in [0.2, 0.25) is 0 Å². The minimum absolute atomic E-state index is 0.0597. The zero-order valence-electron chi connectivity index (χ0n) is 21.8. The van der Waals surface area contributed by atoms with E-state index in [9.17, 15) is 14.4 Å². The molecular formula is C24H47N3O6. The molecule has 0 bridgehead atoms. The quantitative estimate of drug-likeness (QED) is 0.247. The fraction of sp³-hybridized carbons (Fsp3) is 0.875. The van der Waals surface area contributed by atoms with Crippen molar-refractivity contribution in [2.45, 2.75) is 92.3 Å². The van der Waals surface area contributed by atoms with Gasteiger partial charge in [0.1, 0.15) is 19.8 Å². The molecular weight excluding hydrogens is 426 g/mol. The molecule has 0 aromatic carbocycles. The molecule has 0 spiro atoms. The Morgan fingerprint density at radius 1 is 0.636 bits per heavy atom. The van der Waals surface area contributed by atoms with Gasteiger partial charge in [0.15, 0.2) is 0 Å². The summed E-state index contributed by atoms with van der Waals surface area (Å²) in [7, 11) is 0. The molecule has 0 radical (unpaired) electrons. The van der Waals surface area contributed by atoms with Crippen molar-refractivity contribution in [2.24, 2.45) is 5.41 Å². The lowest BCUT2D eigenvalue weighted by molar-refractivity contribution is -0.161. The van der Waals surface area contributed by atoms with Crippen LogP contribution in [0.3, 0.4) is 0 Å². The third kappa shape index (κ3) is 20.6. The summed E-state index contributed by atoms with van der Waals surface area (Å²) in [5, 5.41) is 9.29. The maximum absolute atomic E-state index is 11.3. The van der Waals surface area contributed by atoms with Gasteiger partial charge in [0.05, 0.1) is 5.41 Å². The van der Waals surface area contributed by atoms with E-state index in [0.29, 0.717) is 6.42 Å². The number of rotatable bonds is 10. The number of nitrogens with one attached hydrogen (secondary N) is 3. The largest absolute Gasteiger partial charge is 0.465 e. The van der Waals surface area contributed by atoms with Crippen molar-refractivity contribution in [1.29, 1.82) is 0 Å². The van der Waals surface area contributed by atoms with Crippen LogP contribution < -0.4 is 16.0 Å². The molecule has 3 rings (SSSR count). The topological polar surface area (TPSA) is 145 Å². The molecule has 3 heterocycles. The maximum atomic E-state index is 11.3. The lowest BCUT2D eigenvalue weighted by Gasteiger charge is -2.31. The van der Waals surface area contributed by atoms with E-state index >= 15 is 0 Å². The molecule has 3 fully saturated rings. The Morgan fingerprint density at radius 3 is 0.970 bits per heavy atom. The van der Waals surface area contributed by atoms with E-state index in [2.05, 4.69) is 36.7 Å². The number of hydrogen-bond donors (Lipinski definition) is 3. The molecule has 0 amide bonds. The highest BCUT2D eigenvalue weighted by molar-refractivity contribution is 5.70. The molecule has 3 aliphatic rings. The first-order valence-corrected chi connectivity index (χ1v) is 12.3. The van der Waals surface area contributed by atoms with Crippen LogP contribution in [0, 0.1) is 5.41 Å². The number of ether oxygens (including phenoxy) is 3. The minimum atomic E-state index is -0.694. The third-order valence-corrected chi connectivity index (χ3v) is 5.07. The molecule has 9 heteroatoms. The van der Waals surface area contributed by atoms with Gasteiger partial charge in [-0.15, -0.1) is 0 Å². The van der Waals surface area contributed by atoms with Gasteiger partial charge in [-0.25, -0.2) is 0 Å². The summed E-state index contributed by atoms with van der Waals surface area (Å²) in [6.07, 6.45) is 1.36. The second-order valence-corrected chi connectivity index (χ2v) is 8.82. The Kier molecular flexibility index (Phi) is 16.8. The van der Waals surface area contributed by atoms with Crippen LogP contribution in [0.1, 0.15) is 74.1 Å². The summed E-state index contributed by atoms with van der Waals surface area (Å²) in [5.74, 6) is -1.01. The molecule has 0 aromatic rings. The minimum Gasteiger partial charge on any atom is -0.465 e. The van der Waals surface area contributed by atoms with Crippen LogP contribution >= 0.6 is 0 Å². The zero-order valence-corrected chi connectivity index (χ0v) is 21.8. The van der Waals surface area contributed by atoms with Crippen LogP contribution in [0.4, 0.5) is 0 Å². The first-order valence-electron chi connectivity index (χ1n) is 12.3. The highest BCUT2D eigenvalue weighted by Gasteiger charge is 2.33. The molecule has 194 valence electrons. The maximum Gasteiger partial charge on any atom is 0.305 e. The van der Waals surface area contributed by atoms with Crippen molar-refractivity contribution in [3.8, 4) is 0 Å². The standard InChI is InChI=1S/C15H26O6.3C3H7N/c1-5-12(16)19-9-15(8-4,10-20-13(17)6-2)11-21-14(18)7-3;3*1-3-2-4-3/h5-11H2,1-4H3;3*3-4H,2H2,1H3. The van der Waals surface area contributed by atoms with E-state index in [1.54, 1.807) is 20.8 Å². The molecule has 3 N–H and O–H groups in total. The van der Waals surface area contributed by atoms with Gasteiger partial charge in [-0.3, -0.25) is 14.4 Å². The Hall–Kier alpha value is -1.71. The molecule has 0 aromatic heterocycles. The van der Waals surface area contributed by atoms with Gasteiger partial charge in [-0.2, -0.15) is 0 Å². The van der Waals surface area contributed by atoms with Gasteiger partial charge >= 0.3 is 17.9 Å². The van der Waals surface area contributed by atoms with Gasteiger partial charge in [0.25, 0.3) is 0 Å². The van der Waals surface area contributed by atoms with Crippen molar-refractivity contribution >= 4 is 17.9 Å².